The second kappa shape index (κ2) is 8.51. The van der Waals surface area contributed by atoms with Crippen molar-refractivity contribution in [3.05, 3.63) is 70.8 Å². The molecule has 3 aliphatic rings. The van der Waals surface area contributed by atoms with Gasteiger partial charge in [-0.3, -0.25) is 24.6 Å². The van der Waals surface area contributed by atoms with Gasteiger partial charge in [-0.15, -0.1) is 0 Å². The Balaban J connectivity index is 1.25. The second-order valence-electron chi connectivity index (χ2n) is 9.21. The maximum absolute atomic E-state index is 12.9. The van der Waals surface area contributed by atoms with Crippen LogP contribution in [0.3, 0.4) is 0 Å². The molecule has 3 amide bonds. The highest BCUT2D eigenvalue weighted by atomic mass is 16.2. The van der Waals surface area contributed by atoms with Crippen LogP contribution in [0.5, 0.6) is 0 Å². The third kappa shape index (κ3) is 3.84. The van der Waals surface area contributed by atoms with Gasteiger partial charge in [-0.25, -0.2) is 0 Å². The van der Waals surface area contributed by atoms with Crippen molar-refractivity contribution >= 4 is 17.7 Å². The minimum Gasteiger partial charge on any atom is -0.322 e. The SMILES string of the molecule is C[C@H](c1ccccc1)N1CCC(c2ccc3c(c2)CN(C2CCC(=O)NC2=O)C3=O)CC1. The lowest BCUT2D eigenvalue weighted by Crippen LogP contribution is -2.52. The van der Waals surface area contributed by atoms with Crippen molar-refractivity contribution in [2.75, 3.05) is 13.1 Å². The lowest BCUT2D eigenvalue weighted by molar-refractivity contribution is -0.136. The number of nitrogens with zero attached hydrogens (tertiary/aromatic N) is 2. The van der Waals surface area contributed by atoms with Gasteiger partial charge in [0.05, 0.1) is 0 Å². The smallest absolute Gasteiger partial charge is 0.255 e. The number of rotatable bonds is 4. The first-order valence-electron chi connectivity index (χ1n) is 11.6. The van der Waals surface area contributed by atoms with Gasteiger partial charge in [-0.05, 0) is 68.0 Å². The van der Waals surface area contributed by atoms with Gasteiger partial charge in [0.25, 0.3) is 5.91 Å². The Labute approximate surface area is 188 Å². The summed E-state index contributed by atoms with van der Waals surface area (Å²) in [5.74, 6) is -0.236. The van der Waals surface area contributed by atoms with E-state index in [9.17, 15) is 14.4 Å². The summed E-state index contributed by atoms with van der Waals surface area (Å²) >= 11 is 0. The Hall–Kier alpha value is -2.99. The second-order valence-corrected chi connectivity index (χ2v) is 9.21. The molecule has 3 heterocycles. The van der Waals surface area contributed by atoms with E-state index in [1.165, 1.54) is 11.1 Å². The quantitative estimate of drug-likeness (QED) is 0.754. The number of imide groups is 1. The van der Waals surface area contributed by atoms with Gasteiger partial charge in [0, 0.05) is 24.6 Å². The first-order chi connectivity index (χ1) is 15.5. The zero-order valence-electron chi connectivity index (χ0n) is 18.4. The number of carbonyl (C=O) groups excluding carboxylic acids is 3. The summed E-state index contributed by atoms with van der Waals surface area (Å²) in [6.07, 6.45) is 2.87. The Morgan fingerprint density at radius 2 is 1.72 bits per heavy atom. The van der Waals surface area contributed by atoms with E-state index in [1.807, 2.05) is 6.07 Å². The summed E-state index contributed by atoms with van der Waals surface area (Å²) in [6, 6.07) is 16.7. The molecule has 0 bridgehead atoms. The summed E-state index contributed by atoms with van der Waals surface area (Å²) in [5, 5.41) is 2.37. The van der Waals surface area contributed by atoms with Gasteiger partial charge in [-0.1, -0.05) is 42.5 Å². The van der Waals surface area contributed by atoms with Crippen molar-refractivity contribution in [1.82, 2.24) is 15.1 Å². The molecule has 6 heteroatoms. The van der Waals surface area contributed by atoms with E-state index in [0.29, 0.717) is 30.5 Å². The van der Waals surface area contributed by atoms with Crippen LogP contribution in [-0.2, 0) is 16.1 Å². The van der Waals surface area contributed by atoms with Crippen molar-refractivity contribution in [2.24, 2.45) is 0 Å². The Bertz CT molecular complexity index is 1040. The fourth-order valence-electron chi connectivity index (χ4n) is 5.41. The molecule has 0 radical (unpaired) electrons. The van der Waals surface area contributed by atoms with Gasteiger partial charge in [-0.2, -0.15) is 0 Å². The van der Waals surface area contributed by atoms with Crippen molar-refractivity contribution in [1.29, 1.82) is 0 Å². The average Bonchev–Trinajstić information content (AvgIpc) is 3.15. The number of hydrogen-bond acceptors (Lipinski definition) is 4. The topological polar surface area (TPSA) is 69.7 Å². The number of nitrogens with one attached hydrogen (secondary N) is 1. The molecular weight excluding hydrogens is 402 g/mol. The zero-order chi connectivity index (χ0) is 22.2. The van der Waals surface area contributed by atoms with E-state index in [-0.39, 0.29) is 24.1 Å². The van der Waals surface area contributed by atoms with Crippen molar-refractivity contribution in [3.8, 4) is 0 Å². The minimum absolute atomic E-state index is 0.104. The minimum atomic E-state index is -0.557. The zero-order valence-corrected chi connectivity index (χ0v) is 18.4. The summed E-state index contributed by atoms with van der Waals surface area (Å²) < 4.78 is 0. The van der Waals surface area contributed by atoms with Crippen LogP contribution in [-0.4, -0.2) is 46.7 Å². The summed E-state index contributed by atoms with van der Waals surface area (Å²) in [6.45, 7) is 4.83. The fraction of sp³-hybridized carbons (Fsp3) is 0.423. The number of carbonyl (C=O) groups is 3. The van der Waals surface area contributed by atoms with E-state index < -0.39 is 6.04 Å². The van der Waals surface area contributed by atoms with Crippen LogP contribution in [0.4, 0.5) is 0 Å². The van der Waals surface area contributed by atoms with Crippen LogP contribution in [0, 0.1) is 0 Å². The molecule has 1 N–H and O–H groups in total. The van der Waals surface area contributed by atoms with Crippen LogP contribution in [0.2, 0.25) is 0 Å². The molecule has 2 saturated heterocycles. The van der Waals surface area contributed by atoms with Crippen molar-refractivity contribution < 1.29 is 14.4 Å². The molecule has 32 heavy (non-hydrogen) atoms. The Morgan fingerprint density at radius 3 is 2.44 bits per heavy atom. The van der Waals surface area contributed by atoms with E-state index in [4.69, 9.17) is 0 Å². The molecular formula is C26H29N3O3. The summed E-state index contributed by atoms with van der Waals surface area (Å²) in [7, 11) is 0. The largest absolute Gasteiger partial charge is 0.322 e. The number of benzene rings is 2. The van der Waals surface area contributed by atoms with Gasteiger partial charge in [0.15, 0.2) is 0 Å². The van der Waals surface area contributed by atoms with Crippen LogP contribution >= 0.6 is 0 Å². The molecule has 0 spiro atoms. The molecule has 2 aromatic carbocycles. The normalized spacial score (nSPS) is 23.2. The van der Waals surface area contributed by atoms with E-state index in [2.05, 4.69) is 59.6 Å². The molecule has 6 nitrogen and oxygen atoms in total. The highest BCUT2D eigenvalue weighted by Gasteiger charge is 2.39. The van der Waals surface area contributed by atoms with E-state index in [0.717, 1.165) is 31.5 Å². The molecule has 2 aromatic rings. The van der Waals surface area contributed by atoms with Gasteiger partial charge >= 0.3 is 0 Å². The van der Waals surface area contributed by atoms with Crippen LogP contribution in [0.1, 0.15) is 71.6 Å². The molecule has 2 atom stereocenters. The maximum Gasteiger partial charge on any atom is 0.255 e. The monoisotopic (exact) mass is 431 g/mol. The van der Waals surface area contributed by atoms with Crippen molar-refractivity contribution in [3.63, 3.8) is 0 Å². The molecule has 0 aliphatic carbocycles. The third-order valence-electron chi connectivity index (χ3n) is 7.38. The van der Waals surface area contributed by atoms with Gasteiger partial charge < -0.3 is 4.90 Å². The number of amides is 3. The molecule has 5 rings (SSSR count). The first kappa shape index (κ1) is 20.9. The molecule has 3 aliphatic heterocycles. The maximum atomic E-state index is 12.9. The van der Waals surface area contributed by atoms with Crippen LogP contribution in [0.25, 0.3) is 0 Å². The van der Waals surface area contributed by atoms with Crippen LogP contribution in [0.15, 0.2) is 48.5 Å². The fourth-order valence-corrected chi connectivity index (χ4v) is 5.41. The highest BCUT2D eigenvalue weighted by molar-refractivity contribution is 6.05. The highest BCUT2D eigenvalue weighted by Crippen LogP contribution is 2.35. The Kier molecular flexibility index (Phi) is 5.55. The number of likely N-dealkylation sites (tertiary alicyclic amines) is 1. The molecule has 1 unspecified atom stereocenters. The van der Waals surface area contributed by atoms with Gasteiger partial charge in [0.2, 0.25) is 11.8 Å². The predicted molar refractivity (Wildman–Crippen MR) is 121 cm³/mol. The summed E-state index contributed by atoms with van der Waals surface area (Å²) in [4.78, 5) is 40.8. The van der Waals surface area contributed by atoms with Crippen molar-refractivity contribution in [2.45, 2.75) is 57.2 Å². The summed E-state index contributed by atoms with van der Waals surface area (Å²) in [5.41, 5.74) is 4.33. The molecule has 166 valence electrons. The van der Waals surface area contributed by atoms with Crippen LogP contribution < -0.4 is 5.32 Å². The lowest BCUT2D eigenvalue weighted by Gasteiger charge is -2.36. The van der Waals surface area contributed by atoms with E-state index >= 15 is 0 Å². The molecule has 0 saturated carbocycles. The number of fused-ring (bicyclic) bond motifs is 1. The number of hydrogen-bond donors (Lipinski definition) is 1. The third-order valence-corrected chi connectivity index (χ3v) is 7.38. The molecule has 0 aromatic heterocycles. The number of piperidine rings is 2. The first-order valence-corrected chi connectivity index (χ1v) is 11.6. The Morgan fingerprint density at radius 1 is 0.969 bits per heavy atom. The predicted octanol–water partition coefficient (Wildman–Crippen LogP) is 3.39. The van der Waals surface area contributed by atoms with Gasteiger partial charge in [0.1, 0.15) is 6.04 Å². The lowest BCUT2D eigenvalue weighted by atomic mass is 9.87. The molecule has 2 fully saturated rings. The van der Waals surface area contributed by atoms with E-state index in [1.54, 1.807) is 4.90 Å². The average molecular weight is 432 g/mol. The standard InChI is InChI=1S/C26H29N3O3/c1-17(18-5-3-2-4-6-18)28-13-11-19(12-14-28)20-7-8-22-21(15-20)16-29(26(22)32)23-9-10-24(30)27-25(23)31/h2-8,15,17,19,23H,9-14,16H2,1H3,(H,27,30,31)/t17-,23?/m1/s1.